The third-order valence-electron chi connectivity index (χ3n) is 1.94. The van der Waals surface area contributed by atoms with Gasteiger partial charge in [0.2, 0.25) is 0 Å². The maximum Gasteiger partial charge on any atom is 0.190 e. The number of nitriles is 1. The maximum absolute atomic E-state index is 8.54. The molecule has 0 atom stereocenters. The molecule has 0 amide bonds. The van der Waals surface area contributed by atoms with E-state index in [9.17, 15) is 0 Å². The molecule has 1 heterocycles. The van der Waals surface area contributed by atoms with E-state index < -0.39 is 0 Å². The molecule has 2 rings (SSSR count). The number of hydrogen-bond acceptors (Lipinski definition) is 5. The van der Waals surface area contributed by atoms with Crippen molar-refractivity contribution in [3.63, 3.8) is 0 Å². The first-order chi connectivity index (χ1) is 7.90. The predicted octanol–water partition coefficient (Wildman–Crippen LogP) is 0.776. The van der Waals surface area contributed by atoms with Gasteiger partial charge in [-0.05, 0) is 22.6 Å². The van der Waals surface area contributed by atoms with Gasteiger partial charge < -0.3 is 4.74 Å². The summed E-state index contributed by atoms with van der Waals surface area (Å²) in [6.45, 7) is 0.374. The largest absolute Gasteiger partial charge is 0.486 e. The van der Waals surface area contributed by atoms with Gasteiger partial charge in [-0.2, -0.15) is 5.26 Å². The van der Waals surface area contributed by atoms with Crippen LogP contribution in [-0.2, 0) is 13.2 Å². The van der Waals surface area contributed by atoms with E-state index in [4.69, 9.17) is 10.00 Å². The van der Waals surface area contributed by atoms with Crippen molar-refractivity contribution in [2.24, 2.45) is 0 Å². The number of benzene rings is 1. The normalized spacial score (nSPS) is 9.69. The summed E-state index contributed by atoms with van der Waals surface area (Å²) < 4.78 is 6.87. The number of rotatable bonds is 4. The molecular formula is C10H9N5O. The lowest BCUT2D eigenvalue weighted by Crippen LogP contribution is -2.07. The number of para-hydroxylation sites is 1. The summed E-state index contributed by atoms with van der Waals surface area (Å²) in [6.07, 6.45) is 0. The molecule has 0 aliphatic carbocycles. The van der Waals surface area contributed by atoms with Crippen LogP contribution in [0.3, 0.4) is 0 Å². The first-order valence-corrected chi connectivity index (χ1v) is 4.70. The molecule has 1 aromatic carbocycles. The summed E-state index contributed by atoms with van der Waals surface area (Å²) in [7, 11) is 0. The zero-order valence-corrected chi connectivity index (χ0v) is 8.45. The molecule has 6 nitrogen and oxygen atoms in total. The van der Waals surface area contributed by atoms with E-state index in [2.05, 4.69) is 15.5 Å². The molecule has 0 spiro atoms. The van der Waals surface area contributed by atoms with Crippen molar-refractivity contribution >= 4 is 0 Å². The Bertz CT molecular complexity index is 487. The molecule has 0 unspecified atom stereocenters. The van der Waals surface area contributed by atoms with Crippen molar-refractivity contribution in [1.29, 1.82) is 5.26 Å². The Hall–Kier alpha value is -2.42. The van der Waals surface area contributed by atoms with E-state index in [0.29, 0.717) is 5.82 Å². The molecule has 0 saturated carbocycles. The highest BCUT2D eigenvalue weighted by Gasteiger charge is 2.05. The van der Waals surface area contributed by atoms with Gasteiger partial charge in [0.25, 0.3) is 0 Å². The average molecular weight is 215 g/mol. The molecule has 0 saturated heterocycles. The zero-order chi connectivity index (χ0) is 11.2. The van der Waals surface area contributed by atoms with Crippen LogP contribution >= 0.6 is 0 Å². The highest BCUT2D eigenvalue weighted by molar-refractivity contribution is 5.20. The van der Waals surface area contributed by atoms with Gasteiger partial charge in [0.1, 0.15) is 18.9 Å². The molecule has 80 valence electrons. The third kappa shape index (κ3) is 2.33. The molecular weight excluding hydrogens is 206 g/mol. The van der Waals surface area contributed by atoms with Gasteiger partial charge >= 0.3 is 0 Å². The minimum atomic E-state index is 0.125. The summed E-state index contributed by atoms with van der Waals surface area (Å²) in [5.74, 6) is 1.28. The van der Waals surface area contributed by atoms with Gasteiger partial charge in [0.05, 0.1) is 6.07 Å². The first-order valence-electron chi connectivity index (χ1n) is 4.70. The number of aromatic nitrogens is 4. The van der Waals surface area contributed by atoms with Gasteiger partial charge in [0, 0.05) is 0 Å². The van der Waals surface area contributed by atoms with Crippen LogP contribution in [0.5, 0.6) is 5.75 Å². The minimum Gasteiger partial charge on any atom is -0.486 e. The van der Waals surface area contributed by atoms with E-state index in [-0.39, 0.29) is 13.2 Å². The van der Waals surface area contributed by atoms with Crippen molar-refractivity contribution in [1.82, 2.24) is 20.2 Å². The van der Waals surface area contributed by atoms with E-state index in [1.54, 1.807) is 0 Å². The molecule has 1 aromatic heterocycles. The van der Waals surface area contributed by atoms with Crippen molar-refractivity contribution < 1.29 is 4.74 Å². The number of tetrazole rings is 1. The summed E-state index contributed by atoms with van der Waals surface area (Å²) in [4.78, 5) is 0. The lowest BCUT2D eigenvalue weighted by molar-refractivity contribution is 0.288. The Morgan fingerprint density at radius 3 is 2.88 bits per heavy atom. The van der Waals surface area contributed by atoms with Gasteiger partial charge in [-0.1, -0.05) is 18.2 Å². The SMILES string of the molecule is N#CCn1nnnc1COc1ccccc1. The zero-order valence-electron chi connectivity index (χ0n) is 8.45. The monoisotopic (exact) mass is 215 g/mol. The number of hydrogen-bond donors (Lipinski definition) is 0. The molecule has 0 radical (unpaired) electrons. The number of nitrogens with zero attached hydrogens (tertiary/aromatic N) is 5. The van der Waals surface area contributed by atoms with Crippen molar-refractivity contribution in [2.45, 2.75) is 13.2 Å². The van der Waals surface area contributed by atoms with E-state index >= 15 is 0 Å². The van der Waals surface area contributed by atoms with Crippen LogP contribution in [0.2, 0.25) is 0 Å². The van der Waals surface area contributed by atoms with Crippen molar-refractivity contribution in [3.8, 4) is 11.8 Å². The second-order valence-corrected chi connectivity index (χ2v) is 3.01. The Morgan fingerprint density at radius 1 is 1.31 bits per heavy atom. The van der Waals surface area contributed by atoms with Crippen molar-refractivity contribution in [3.05, 3.63) is 36.2 Å². The second-order valence-electron chi connectivity index (χ2n) is 3.01. The van der Waals surface area contributed by atoms with Crippen LogP contribution in [0.1, 0.15) is 5.82 Å². The molecule has 0 fully saturated rings. The Morgan fingerprint density at radius 2 is 2.12 bits per heavy atom. The molecule has 2 aromatic rings. The molecule has 0 N–H and O–H groups in total. The van der Waals surface area contributed by atoms with Gasteiger partial charge in [0.15, 0.2) is 5.82 Å². The van der Waals surface area contributed by atoms with Gasteiger partial charge in [-0.3, -0.25) is 0 Å². The first kappa shape index (κ1) is 10.1. The molecule has 0 aliphatic rings. The summed E-state index contributed by atoms with van der Waals surface area (Å²) in [5.41, 5.74) is 0. The van der Waals surface area contributed by atoms with Crippen LogP contribution in [0.25, 0.3) is 0 Å². The van der Waals surface area contributed by atoms with E-state index in [0.717, 1.165) is 5.75 Å². The minimum absolute atomic E-state index is 0.125. The maximum atomic E-state index is 8.54. The van der Waals surface area contributed by atoms with E-state index in [1.165, 1.54) is 4.68 Å². The van der Waals surface area contributed by atoms with E-state index in [1.807, 2.05) is 36.4 Å². The average Bonchev–Trinajstić information content (AvgIpc) is 2.76. The van der Waals surface area contributed by atoms with Crippen LogP contribution in [-0.4, -0.2) is 20.2 Å². The summed E-state index contributed by atoms with van der Waals surface area (Å²) >= 11 is 0. The highest BCUT2D eigenvalue weighted by Crippen LogP contribution is 2.09. The highest BCUT2D eigenvalue weighted by atomic mass is 16.5. The Labute approximate surface area is 92.1 Å². The van der Waals surface area contributed by atoms with Crippen LogP contribution in [0.4, 0.5) is 0 Å². The Kier molecular flexibility index (Phi) is 3.09. The van der Waals surface area contributed by atoms with Crippen LogP contribution in [0.15, 0.2) is 30.3 Å². The second kappa shape index (κ2) is 4.89. The fraction of sp³-hybridized carbons (Fsp3) is 0.200. The van der Waals surface area contributed by atoms with Crippen molar-refractivity contribution in [2.75, 3.05) is 0 Å². The van der Waals surface area contributed by atoms with Gasteiger partial charge in [-0.15, -0.1) is 5.10 Å². The summed E-state index contributed by atoms with van der Waals surface area (Å²) in [5, 5.41) is 19.5. The smallest absolute Gasteiger partial charge is 0.190 e. The topological polar surface area (TPSA) is 76.6 Å². The van der Waals surface area contributed by atoms with Crippen LogP contribution < -0.4 is 4.74 Å². The molecule has 0 aliphatic heterocycles. The summed E-state index contributed by atoms with van der Waals surface area (Å²) in [6, 6.07) is 11.3. The molecule has 0 bridgehead atoms. The fourth-order valence-electron chi connectivity index (χ4n) is 1.18. The fourth-order valence-corrected chi connectivity index (χ4v) is 1.18. The standard InChI is InChI=1S/C10H9N5O/c11-6-7-15-10(12-13-14-15)8-16-9-4-2-1-3-5-9/h1-5H,7-8H2. The predicted molar refractivity (Wildman–Crippen MR) is 54.2 cm³/mol. The quantitative estimate of drug-likeness (QED) is 0.753. The Balaban J connectivity index is 2.00. The van der Waals surface area contributed by atoms with Gasteiger partial charge in [-0.25, -0.2) is 4.68 Å². The molecule has 6 heteroatoms. The lowest BCUT2D eigenvalue weighted by atomic mass is 10.3. The number of ether oxygens (including phenoxy) is 1. The lowest BCUT2D eigenvalue weighted by Gasteiger charge is -2.04. The van der Waals surface area contributed by atoms with Crippen LogP contribution in [0, 0.1) is 11.3 Å². The molecule has 16 heavy (non-hydrogen) atoms. The third-order valence-corrected chi connectivity index (χ3v) is 1.94.